The Morgan fingerprint density at radius 1 is 1.04 bits per heavy atom. The second-order valence-electron chi connectivity index (χ2n) is 5.79. The van der Waals surface area contributed by atoms with Crippen molar-refractivity contribution in [3.63, 3.8) is 0 Å². The summed E-state index contributed by atoms with van der Waals surface area (Å²) in [5.41, 5.74) is 2.24. The summed E-state index contributed by atoms with van der Waals surface area (Å²) in [5.74, 6) is 2.61. The zero-order chi connectivity index (χ0) is 18.1. The number of nitrogens with one attached hydrogen (secondary N) is 2. The molecule has 0 fully saturated rings. The molecule has 142 valence electrons. The SMILES string of the molecule is CN=C(NCCC(C)c1ccccc1)Nc1ccc(OC)c(OC)c1.I. The van der Waals surface area contributed by atoms with Crippen molar-refractivity contribution < 1.29 is 9.47 Å². The number of benzene rings is 2. The van der Waals surface area contributed by atoms with Crippen molar-refractivity contribution in [1.29, 1.82) is 0 Å². The molecule has 0 saturated heterocycles. The average Bonchev–Trinajstić information content (AvgIpc) is 2.67. The molecule has 2 aromatic rings. The molecule has 2 rings (SSSR count). The van der Waals surface area contributed by atoms with Crippen LogP contribution < -0.4 is 20.1 Å². The van der Waals surface area contributed by atoms with Crippen LogP contribution in [0.1, 0.15) is 24.8 Å². The molecule has 1 atom stereocenters. The van der Waals surface area contributed by atoms with Crippen LogP contribution in [0.5, 0.6) is 11.5 Å². The number of methoxy groups -OCH3 is 2. The Hall–Kier alpha value is -1.96. The number of halogens is 1. The Kier molecular flexibility index (Phi) is 9.87. The number of anilines is 1. The van der Waals surface area contributed by atoms with Gasteiger partial charge < -0.3 is 20.1 Å². The minimum atomic E-state index is 0. The van der Waals surface area contributed by atoms with Crippen molar-refractivity contribution in [2.24, 2.45) is 4.99 Å². The molecule has 0 bridgehead atoms. The highest BCUT2D eigenvalue weighted by molar-refractivity contribution is 14.0. The van der Waals surface area contributed by atoms with E-state index in [1.807, 2.05) is 24.3 Å². The molecule has 0 aromatic heterocycles. The topological polar surface area (TPSA) is 54.9 Å². The van der Waals surface area contributed by atoms with Crippen LogP contribution in [0.3, 0.4) is 0 Å². The number of rotatable bonds is 7. The summed E-state index contributed by atoms with van der Waals surface area (Å²) in [6, 6.07) is 16.2. The highest BCUT2D eigenvalue weighted by atomic mass is 127. The van der Waals surface area contributed by atoms with E-state index in [0.717, 1.165) is 24.6 Å². The largest absolute Gasteiger partial charge is 0.493 e. The van der Waals surface area contributed by atoms with Crippen LogP contribution in [0, 0.1) is 0 Å². The third kappa shape index (κ3) is 6.40. The lowest BCUT2D eigenvalue weighted by atomic mass is 9.98. The van der Waals surface area contributed by atoms with Gasteiger partial charge >= 0.3 is 0 Å². The Balaban J connectivity index is 0.00000338. The molecule has 1 unspecified atom stereocenters. The fraction of sp³-hybridized carbons (Fsp3) is 0.350. The average molecular weight is 469 g/mol. The van der Waals surface area contributed by atoms with Gasteiger partial charge in [-0.25, -0.2) is 0 Å². The van der Waals surface area contributed by atoms with Gasteiger partial charge in [0.2, 0.25) is 0 Å². The molecule has 2 N–H and O–H groups in total. The molecule has 0 saturated carbocycles. The van der Waals surface area contributed by atoms with Gasteiger partial charge in [0.15, 0.2) is 17.5 Å². The second kappa shape index (κ2) is 11.6. The van der Waals surface area contributed by atoms with Crippen LogP contribution in [0.15, 0.2) is 53.5 Å². The summed E-state index contributed by atoms with van der Waals surface area (Å²) in [5, 5.41) is 6.62. The smallest absolute Gasteiger partial charge is 0.195 e. The monoisotopic (exact) mass is 469 g/mol. The maximum absolute atomic E-state index is 5.33. The summed E-state index contributed by atoms with van der Waals surface area (Å²) in [7, 11) is 5.01. The zero-order valence-electron chi connectivity index (χ0n) is 15.8. The van der Waals surface area contributed by atoms with Crippen LogP contribution in [0.4, 0.5) is 5.69 Å². The summed E-state index contributed by atoms with van der Waals surface area (Å²) in [4.78, 5) is 4.27. The molecular formula is C20H28IN3O2. The van der Waals surface area contributed by atoms with E-state index in [2.05, 4.69) is 46.8 Å². The zero-order valence-corrected chi connectivity index (χ0v) is 18.1. The van der Waals surface area contributed by atoms with E-state index in [4.69, 9.17) is 9.47 Å². The number of nitrogens with zero attached hydrogens (tertiary/aromatic N) is 1. The lowest BCUT2D eigenvalue weighted by Gasteiger charge is -2.16. The van der Waals surface area contributed by atoms with E-state index < -0.39 is 0 Å². The molecule has 0 spiro atoms. The molecular weight excluding hydrogens is 441 g/mol. The van der Waals surface area contributed by atoms with Crippen LogP contribution >= 0.6 is 24.0 Å². The number of aliphatic imine (C=N–C) groups is 1. The van der Waals surface area contributed by atoms with Crippen molar-refractivity contribution in [3.8, 4) is 11.5 Å². The first-order valence-electron chi connectivity index (χ1n) is 8.42. The van der Waals surface area contributed by atoms with Gasteiger partial charge in [0.25, 0.3) is 0 Å². The van der Waals surface area contributed by atoms with Gasteiger partial charge in [0.1, 0.15) is 0 Å². The van der Waals surface area contributed by atoms with Crippen molar-refractivity contribution in [2.75, 3.05) is 33.1 Å². The lowest BCUT2D eigenvalue weighted by Crippen LogP contribution is -2.32. The predicted octanol–water partition coefficient (Wildman–Crippen LogP) is 4.50. The predicted molar refractivity (Wildman–Crippen MR) is 119 cm³/mol. The van der Waals surface area contributed by atoms with E-state index in [9.17, 15) is 0 Å². The Labute approximate surface area is 173 Å². The summed E-state index contributed by atoms with van der Waals surface area (Å²) in [6.45, 7) is 3.07. The van der Waals surface area contributed by atoms with Crippen LogP contribution in [-0.4, -0.2) is 33.8 Å². The van der Waals surface area contributed by atoms with Crippen molar-refractivity contribution in [1.82, 2.24) is 5.32 Å². The van der Waals surface area contributed by atoms with Crippen LogP contribution in [0.25, 0.3) is 0 Å². The molecule has 26 heavy (non-hydrogen) atoms. The number of guanidine groups is 1. The summed E-state index contributed by atoms with van der Waals surface area (Å²) in [6.07, 6.45) is 1.02. The van der Waals surface area contributed by atoms with E-state index in [0.29, 0.717) is 17.4 Å². The molecule has 0 amide bonds. The molecule has 0 radical (unpaired) electrons. The quantitative estimate of drug-likeness (QED) is 0.356. The van der Waals surface area contributed by atoms with Gasteiger partial charge in [0.05, 0.1) is 14.2 Å². The van der Waals surface area contributed by atoms with E-state index in [-0.39, 0.29) is 24.0 Å². The van der Waals surface area contributed by atoms with Crippen LogP contribution in [0.2, 0.25) is 0 Å². The third-order valence-electron chi connectivity index (χ3n) is 4.11. The number of hydrogen-bond donors (Lipinski definition) is 2. The first kappa shape index (κ1) is 22.1. The van der Waals surface area contributed by atoms with E-state index >= 15 is 0 Å². The van der Waals surface area contributed by atoms with Crippen LogP contribution in [-0.2, 0) is 0 Å². The summed E-state index contributed by atoms with van der Waals surface area (Å²) < 4.78 is 10.6. The first-order valence-corrected chi connectivity index (χ1v) is 8.42. The van der Waals surface area contributed by atoms with Gasteiger partial charge in [-0.1, -0.05) is 37.3 Å². The highest BCUT2D eigenvalue weighted by Gasteiger charge is 2.08. The van der Waals surface area contributed by atoms with Gasteiger partial charge in [-0.2, -0.15) is 0 Å². The van der Waals surface area contributed by atoms with E-state index in [1.54, 1.807) is 21.3 Å². The maximum Gasteiger partial charge on any atom is 0.195 e. The van der Waals surface area contributed by atoms with Gasteiger partial charge in [-0.3, -0.25) is 4.99 Å². The Morgan fingerprint density at radius 3 is 2.35 bits per heavy atom. The number of hydrogen-bond acceptors (Lipinski definition) is 3. The van der Waals surface area contributed by atoms with Gasteiger partial charge in [0, 0.05) is 25.3 Å². The van der Waals surface area contributed by atoms with Gasteiger partial charge in [-0.05, 0) is 30.0 Å². The Morgan fingerprint density at radius 2 is 1.73 bits per heavy atom. The molecule has 0 aliphatic carbocycles. The minimum absolute atomic E-state index is 0. The van der Waals surface area contributed by atoms with Gasteiger partial charge in [-0.15, -0.1) is 24.0 Å². The Bertz CT molecular complexity index is 693. The molecule has 0 heterocycles. The standard InChI is InChI=1S/C20H27N3O2.HI/c1-15(16-8-6-5-7-9-16)12-13-22-20(21-2)23-17-10-11-18(24-3)19(14-17)25-4;/h5-11,14-15H,12-13H2,1-4H3,(H2,21,22,23);1H. The molecule has 0 aliphatic rings. The highest BCUT2D eigenvalue weighted by Crippen LogP contribution is 2.29. The first-order chi connectivity index (χ1) is 12.2. The van der Waals surface area contributed by atoms with Crippen molar-refractivity contribution in [2.45, 2.75) is 19.3 Å². The fourth-order valence-electron chi connectivity index (χ4n) is 2.59. The fourth-order valence-corrected chi connectivity index (χ4v) is 2.59. The molecule has 0 aliphatic heterocycles. The molecule has 2 aromatic carbocycles. The summed E-state index contributed by atoms with van der Waals surface area (Å²) >= 11 is 0. The lowest BCUT2D eigenvalue weighted by molar-refractivity contribution is 0.355. The van der Waals surface area contributed by atoms with E-state index in [1.165, 1.54) is 5.56 Å². The van der Waals surface area contributed by atoms with Crippen molar-refractivity contribution >= 4 is 35.6 Å². The second-order valence-corrected chi connectivity index (χ2v) is 5.79. The maximum atomic E-state index is 5.33. The normalized spacial score (nSPS) is 11.9. The minimum Gasteiger partial charge on any atom is -0.493 e. The van der Waals surface area contributed by atoms with Crippen molar-refractivity contribution in [3.05, 3.63) is 54.1 Å². The molecule has 6 heteroatoms. The number of ether oxygens (including phenoxy) is 2. The third-order valence-corrected chi connectivity index (χ3v) is 4.11. The molecule has 5 nitrogen and oxygen atoms in total.